The fraction of sp³-hybridized carbons (Fsp3) is 0.529. The molecule has 6 heteroatoms. The van der Waals surface area contributed by atoms with E-state index in [1.807, 2.05) is 31.2 Å². The summed E-state index contributed by atoms with van der Waals surface area (Å²) in [7, 11) is 6.77. The van der Waals surface area contributed by atoms with E-state index < -0.39 is 6.04 Å². The van der Waals surface area contributed by atoms with E-state index in [9.17, 15) is 9.59 Å². The van der Waals surface area contributed by atoms with Crippen LogP contribution in [0.1, 0.15) is 25.5 Å². The lowest BCUT2D eigenvalue weighted by Gasteiger charge is -2.26. The number of nitrogens with one attached hydrogen (secondary N) is 1. The molecule has 128 valence electrons. The Bertz CT molecular complexity index is 546. The molecule has 0 saturated heterocycles. The maximum atomic E-state index is 12.4. The van der Waals surface area contributed by atoms with Crippen molar-refractivity contribution in [3.8, 4) is 5.75 Å². The van der Waals surface area contributed by atoms with Crippen molar-refractivity contribution in [3.63, 3.8) is 0 Å². The molecule has 23 heavy (non-hydrogen) atoms. The summed E-state index contributed by atoms with van der Waals surface area (Å²) < 4.78 is 5.32. The highest BCUT2D eigenvalue weighted by Crippen LogP contribution is 2.24. The molecular formula is C17H27N3O3. The van der Waals surface area contributed by atoms with Crippen molar-refractivity contribution in [2.45, 2.75) is 25.9 Å². The molecule has 1 aromatic rings. The second-order valence-corrected chi connectivity index (χ2v) is 5.85. The van der Waals surface area contributed by atoms with Gasteiger partial charge in [-0.1, -0.05) is 18.2 Å². The molecule has 0 spiro atoms. The summed E-state index contributed by atoms with van der Waals surface area (Å²) in [4.78, 5) is 27.4. The van der Waals surface area contributed by atoms with Crippen LogP contribution in [0, 0.1) is 0 Å². The van der Waals surface area contributed by atoms with Crippen LogP contribution in [0.25, 0.3) is 0 Å². The average molecular weight is 321 g/mol. The minimum absolute atomic E-state index is 0.0371. The van der Waals surface area contributed by atoms with E-state index in [0.717, 1.165) is 11.3 Å². The predicted octanol–water partition coefficient (Wildman–Crippen LogP) is 1.28. The van der Waals surface area contributed by atoms with Gasteiger partial charge in [0.25, 0.3) is 0 Å². The SMILES string of the molecule is COc1ccccc1C(C)NC(=O)C(C)N(C)CC(=O)N(C)C. The van der Waals surface area contributed by atoms with Crippen LogP contribution in [0.5, 0.6) is 5.75 Å². The van der Waals surface area contributed by atoms with Gasteiger partial charge >= 0.3 is 0 Å². The van der Waals surface area contributed by atoms with E-state index in [4.69, 9.17) is 4.74 Å². The number of ether oxygens (including phenoxy) is 1. The van der Waals surface area contributed by atoms with Gasteiger partial charge in [-0.3, -0.25) is 14.5 Å². The zero-order valence-corrected chi connectivity index (χ0v) is 14.8. The fourth-order valence-electron chi connectivity index (χ4n) is 2.13. The smallest absolute Gasteiger partial charge is 0.237 e. The quantitative estimate of drug-likeness (QED) is 0.822. The monoisotopic (exact) mass is 321 g/mol. The Morgan fingerprint density at radius 1 is 1.17 bits per heavy atom. The molecule has 0 aromatic heterocycles. The molecule has 0 radical (unpaired) electrons. The first-order chi connectivity index (χ1) is 10.8. The Hall–Kier alpha value is -2.08. The molecule has 0 aliphatic heterocycles. The van der Waals surface area contributed by atoms with E-state index in [1.165, 1.54) is 4.90 Å². The van der Waals surface area contributed by atoms with E-state index in [-0.39, 0.29) is 24.4 Å². The van der Waals surface area contributed by atoms with Gasteiger partial charge in [0.15, 0.2) is 0 Å². The summed E-state index contributed by atoms with van der Waals surface area (Å²) in [6.45, 7) is 3.89. The van der Waals surface area contributed by atoms with Crippen molar-refractivity contribution >= 4 is 11.8 Å². The highest BCUT2D eigenvalue weighted by Gasteiger charge is 2.23. The number of benzene rings is 1. The second-order valence-electron chi connectivity index (χ2n) is 5.85. The fourth-order valence-corrected chi connectivity index (χ4v) is 2.13. The molecule has 2 unspecified atom stereocenters. The zero-order chi connectivity index (χ0) is 17.6. The number of hydrogen-bond acceptors (Lipinski definition) is 4. The van der Waals surface area contributed by atoms with Gasteiger partial charge in [-0.25, -0.2) is 0 Å². The number of amides is 2. The Morgan fingerprint density at radius 2 is 1.78 bits per heavy atom. The number of rotatable bonds is 7. The van der Waals surface area contributed by atoms with Gasteiger partial charge in [0.05, 0.1) is 25.7 Å². The predicted molar refractivity (Wildman–Crippen MR) is 90.3 cm³/mol. The summed E-state index contributed by atoms with van der Waals surface area (Å²) in [5, 5.41) is 2.97. The molecule has 2 atom stereocenters. The van der Waals surface area contributed by atoms with E-state index in [1.54, 1.807) is 40.1 Å². The Labute approximate surface area is 138 Å². The van der Waals surface area contributed by atoms with Crippen LogP contribution in [-0.2, 0) is 9.59 Å². The van der Waals surface area contributed by atoms with Crippen LogP contribution in [0.4, 0.5) is 0 Å². The van der Waals surface area contributed by atoms with Gasteiger partial charge < -0.3 is 15.0 Å². The lowest BCUT2D eigenvalue weighted by Crippen LogP contribution is -2.47. The van der Waals surface area contributed by atoms with Crippen LogP contribution in [-0.4, -0.2) is 62.5 Å². The summed E-state index contributed by atoms with van der Waals surface area (Å²) in [6.07, 6.45) is 0. The topological polar surface area (TPSA) is 61.9 Å². The number of para-hydroxylation sites is 1. The van der Waals surface area contributed by atoms with Gasteiger partial charge in [-0.15, -0.1) is 0 Å². The van der Waals surface area contributed by atoms with Crippen LogP contribution >= 0.6 is 0 Å². The molecule has 1 rings (SSSR count). The van der Waals surface area contributed by atoms with Gasteiger partial charge in [0.2, 0.25) is 11.8 Å². The third-order valence-corrected chi connectivity index (χ3v) is 3.89. The van der Waals surface area contributed by atoms with Crippen LogP contribution in [0.3, 0.4) is 0 Å². The molecule has 0 bridgehead atoms. The van der Waals surface area contributed by atoms with Gasteiger partial charge in [0, 0.05) is 19.7 Å². The lowest BCUT2D eigenvalue weighted by atomic mass is 10.1. The molecule has 0 aliphatic rings. The molecule has 2 amide bonds. The molecule has 1 aromatic carbocycles. The molecule has 0 aliphatic carbocycles. The normalized spacial score (nSPS) is 13.3. The standard InChI is InChI=1S/C17H27N3O3/c1-12(14-9-7-8-10-15(14)23-6)18-17(22)13(2)20(5)11-16(21)19(3)4/h7-10,12-13H,11H2,1-6H3,(H,18,22). The Kier molecular flexibility index (Phi) is 7.03. The van der Waals surface area contributed by atoms with Crippen LogP contribution in [0.15, 0.2) is 24.3 Å². The molecule has 0 saturated carbocycles. The molecular weight excluding hydrogens is 294 g/mol. The van der Waals surface area contributed by atoms with Crippen LogP contribution < -0.4 is 10.1 Å². The first-order valence-electron chi connectivity index (χ1n) is 7.61. The number of methoxy groups -OCH3 is 1. The minimum atomic E-state index is -0.406. The Balaban J connectivity index is 2.69. The van der Waals surface area contributed by atoms with Crippen molar-refractivity contribution in [2.75, 3.05) is 34.8 Å². The molecule has 1 N–H and O–H groups in total. The van der Waals surface area contributed by atoms with E-state index in [0.29, 0.717) is 0 Å². The zero-order valence-electron chi connectivity index (χ0n) is 14.8. The third-order valence-electron chi connectivity index (χ3n) is 3.89. The first-order valence-corrected chi connectivity index (χ1v) is 7.61. The van der Waals surface area contributed by atoms with Crippen molar-refractivity contribution in [1.82, 2.24) is 15.1 Å². The largest absolute Gasteiger partial charge is 0.496 e. The highest BCUT2D eigenvalue weighted by atomic mass is 16.5. The third kappa shape index (κ3) is 5.25. The van der Waals surface area contributed by atoms with Crippen LogP contribution in [0.2, 0.25) is 0 Å². The maximum Gasteiger partial charge on any atom is 0.237 e. The van der Waals surface area contributed by atoms with Gasteiger partial charge in [0.1, 0.15) is 5.75 Å². The molecule has 6 nitrogen and oxygen atoms in total. The molecule has 0 fully saturated rings. The maximum absolute atomic E-state index is 12.4. The highest BCUT2D eigenvalue weighted by molar-refractivity contribution is 5.83. The summed E-state index contributed by atoms with van der Waals surface area (Å²) in [6, 6.07) is 7.00. The average Bonchev–Trinajstić information content (AvgIpc) is 2.53. The summed E-state index contributed by atoms with van der Waals surface area (Å²) >= 11 is 0. The summed E-state index contributed by atoms with van der Waals surface area (Å²) in [5.74, 6) is 0.575. The van der Waals surface area contributed by atoms with E-state index in [2.05, 4.69) is 5.32 Å². The Morgan fingerprint density at radius 3 is 2.35 bits per heavy atom. The van der Waals surface area contributed by atoms with E-state index >= 15 is 0 Å². The number of carbonyl (C=O) groups excluding carboxylic acids is 2. The number of carbonyl (C=O) groups is 2. The van der Waals surface area contributed by atoms with Crippen molar-refractivity contribution in [3.05, 3.63) is 29.8 Å². The van der Waals surface area contributed by atoms with Gasteiger partial charge in [-0.2, -0.15) is 0 Å². The number of nitrogens with zero attached hydrogens (tertiary/aromatic N) is 2. The van der Waals surface area contributed by atoms with Crippen molar-refractivity contribution < 1.29 is 14.3 Å². The minimum Gasteiger partial charge on any atom is -0.496 e. The lowest BCUT2D eigenvalue weighted by molar-refractivity contribution is -0.132. The van der Waals surface area contributed by atoms with Crippen molar-refractivity contribution in [1.29, 1.82) is 0 Å². The number of hydrogen-bond donors (Lipinski definition) is 1. The first kappa shape index (κ1) is 19.0. The number of likely N-dealkylation sites (N-methyl/N-ethyl adjacent to an activating group) is 2. The van der Waals surface area contributed by atoms with Crippen molar-refractivity contribution in [2.24, 2.45) is 0 Å². The molecule has 0 heterocycles. The summed E-state index contributed by atoms with van der Waals surface area (Å²) in [5.41, 5.74) is 0.919. The van der Waals surface area contributed by atoms with Gasteiger partial charge in [-0.05, 0) is 27.0 Å². The second kappa shape index (κ2) is 8.53.